The lowest BCUT2D eigenvalue weighted by Crippen LogP contribution is -2.43. The normalized spacial score (nSPS) is 13.2. The minimum Gasteiger partial charge on any atom is -0.491 e. The first kappa shape index (κ1) is 28.9. The summed E-state index contributed by atoms with van der Waals surface area (Å²) in [6.07, 6.45) is 2.85. The van der Waals surface area contributed by atoms with Gasteiger partial charge in [-0.25, -0.2) is 0 Å². The second kappa shape index (κ2) is 12.7. The molecule has 0 radical (unpaired) electrons. The number of unbranched alkanes of at least 4 members (excludes halogenated alkanes) is 1. The minimum absolute atomic E-state index is 0.0831. The molecule has 0 aliphatic rings. The van der Waals surface area contributed by atoms with Crippen molar-refractivity contribution in [3.05, 3.63) is 73.6 Å². The molecule has 0 bridgehead atoms. The molecule has 2 N–H and O–H groups in total. The summed E-state index contributed by atoms with van der Waals surface area (Å²) < 4.78 is 14.3. The molecule has 36 heavy (non-hydrogen) atoms. The molecule has 0 spiro atoms. The summed E-state index contributed by atoms with van der Waals surface area (Å²) in [5.74, 6) is 0.720. The van der Waals surface area contributed by atoms with Gasteiger partial charge in [-0.3, -0.25) is 4.79 Å². The van der Waals surface area contributed by atoms with E-state index in [0.29, 0.717) is 13.2 Å². The van der Waals surface area contributed by atoms with Gasteiger partial charge in [0.25, 0.3) is 0 Å². The van der Waals surface area contributed by atoms with Crippen molar-refractivity contribution in [1.82, 2.24) is 10.3 Å². The third-order valence-corrected chi connectivity index (χ3v) is 12.3. The topological polar surface area (TPSA) is 63.4 Å². The second-order valence-electron chi connectivity index (χ2n) is 10.9. The van der Waals surface area contributed by atoms with E-state index in [0.717, 1.165) is 48.0 Å². The maximum absolute atomic E-state index is 12.2. The maximum atomic E-state index is 12.2. The van der Waals surface area contributed by atoms with Crippen LogP contribution < -0.4 is 15.6 Å². The van der Waals surface area contributed by atoms with Crippen molar-refractivity contribution in [1.29, 1.82) is 0 Å². The fourth-order valence-electron chi connectivity index (χ4n) is 3.84. The number of aromatic nitrogens is 1. The predicted molar refractivity (Wildman–Crippen MR) is 162 cm³/mol. The predicted octanol–water partition coefficient (Wildman–Crippen LogP) is 7.21. The lowest BCUT2D eigenvalue weighted by molar-refractivity contribution is 0.182. The van der Waals surface area contributed by atoms with Crippen molar-refractivity contribution >= 4 is 41.8 Å². The zero-order valence-corrected chi connectivity index (χ0v) is 25.7. The van der Waals surface area contributed by atoms with Crippen LogP contribution in [0.3, 0.4) is 0 Å². The van der Waals surface area contributed by atoms with Crippen LogP contribution in [0.15, 0.2) is 53.3 Å². The van der Waals surface area contributed by atoms with Gasteiger partial charge in [-0.2, -0.15) is 0 Å². The van der Waals surface area contributed by atoms with Crippen molar-refractivity contribution in [3.8, 4) is 5.75 Å². The average molecular weight is 621 g/mol. The molecule has 1 atom stereocenters. The first-order valence-corrected chi connectivity index (χ1v) is 16.9. The van der Waals surface area contributed by atoms with E-state index in [2.05, 4.69) is 104 Å². The van der Waals surface area contributed by atoms with Gasteiger partial charge in [0.1, 0.15) is 5.75 Å². The van der Waals surface area contributed by atoms with Crippen molar-refractivity contribution in [3.63, 3.8) is 0 Å². The highest BCUT2D eigenvalue weighted by molar-refractivity contribution is 14.1. The van der Waals surface area contributed by atoms with E-state index in [1.54, 1.807) is 6.07 Å². The molecule has 0 unspecified atom stereocenters. The fraction of sp³-hybridized carbons (Fsp3) is 0.483. The van der Waals surface area contributed by atoms with Gasteiger partial charge in [-0.05, 0) is 95.5 Å². The van der Waals surface area contributed by atoms with Crippen molar-refractivity contribution in [2.75, 3.05) is 19.7 Å². The van der Waals surface area contributed by atoms with E-state index in [1.807, 2.05) is 12.1 Å². The standard InChI is InChI=1S/C29H41IN2O3Si/c1-7-8-19-34-25-15-13-23(24-14-16-27(33)32-28(24)25)26(35-36(5,6)29(2,3)4)20-31-18-17-21-9-11-22(30)12-10-21/h9-16,26,31H,7-8,17-20H2,1-6H3,(H,32,33)/t26-/m0/s1. The molecular weight excluding hydrogens is 579 g/mol. The summed E-state index contributed by atoms with van der Waals surface area (Å²) in [7, 11) is -2.06. The number of pyridine rings is 1. The van der Waals surface area contributed by atoms with Gasteiger partial charge in [0.15, 0.2) is 8.32 Å². The van der Waals surface area contributed by atoms with Crippen LogP contribution in [0.25, 0.3) is 10.9 Å². The number of hydrogen-bond donors (Lipinski definition) is 2. The Balaban J connectivity index is 1.89. The number of nitrogens with one attached hydrogen (secondary N) is 2. The highest BCUT2D eigenvalue weighted by Crippen LogP contribution is 2.41. The molecule has 0 fully saturated rings. The molecule has 1 heterocycles. The Labute approximate surface area is 230 Å². The van der Waals surface area contributed by atoms with Crippen LogP contribution in [-0.4, -0.2) is 33.0 Å². The number of rotatable bonds is 12. The van der Waals surface area contributed by atoms with Crippen molar-refractivity contribution in [2.45, 2.75) is 71.2 Å². The summed E-state index contributed by atoms with van der Waals surface area (Å²) in [4.78, 5) is 15.2. The Hall–Kier alpha value is -1.68. The van der Waals surface area contributed by atoms with E-state index in [9.17, 15) is 4.79 Å². The summed E-state index contributed by atoms with van der Waals surface area (Å²) in [5.41, 5.74) is 3.02. The second-order valence-corrected chi connectivity index (χ2v) is 16.9. The van der Waals surface area contributed by atoms with Crippen molar-refractivity contribution < 1.29 is 9.16 Å². The smallest absolute Gasteiger partial charge is 0.248 e. The Bertz CT molecular complexity index is 1190. The molecule has 0 saturated carbocycles. The summed E-state index contributed by atoms with van der Waals surface area (Å²) in [6.45, 7) is 15.7. The molecule has 1 aromatic heterocycles. The first-order chi connectivity index (χ1) is 17.0. The summed E-state index contributed by atoms with van der Waals surface area (Å²) >= 11 is 2.34. The zero-order chi connectivity index (χ0) is 26.3. The Morgan fingerprint density at radius 2 is 1.78 bits per heavy atom. The van der Waals surface area contributed by atoms with Crippen LogP contribution in [0.5, 0.6) is 5.75 Å². The van der Waals surface area contributed by atoms with Gasteiger partial charge in [-0.1, -0.05) is 52.3 Å². The molecule has 5 nitrogen and oxygen atoms in total. The Kier molecular flexibility index (Phi) is 10.2. The SMILES string of the molecule is CCCCOc1ccc([C@H](CNCCc2ccc(I)cc2)O[Si](C)(C)C(C)(C)C)c2ccc(=O)[nH]c12. The van der Waals surface area contributed by atoms with Gasteiger partial charge in [0.05, 0.1) is 18.2 Å². The number of benzene rings is 2. The van der Waals surface area contributed by atoms with E-state index in [-0.39, 0.29) is 16.7 Å². The van der Waals surface area contributed by atoms with Crippen LogP contribution in [0.1, 0.15) is 57.8 Å². The van der Waals surface area contributed by atoms with Crippen LogP contribution in [0.4, 0.5) is 0 Å². The highest BCUT2D eigenvalue weighted by Gasteiger charge is 2.39. The van der Waals surface area contributed by atoms with Gasteiger partial charge >= 0.3 is 0 Å². The number of hydrogen-bond acceptors (Lipinski definition) is 4. The molecular formula is C29H41IN2O3Si. The number of halogens is 1. The molecule has 2 aromatic carbocycles. The van der Waals surface area contributed by atoms with Crippen molar-refractivity contribution in [2.24, 2.45) is 0 Å². The van der Waals surface area contributed by atoms with Gasteiger partial charge < -0.3 is 19.5 Å². The lowest BCUT2D eigenvalue weighted by atomic mass is 10.0. The van der Waals surface area contributed by atoms with E-state index >= 15 is 0 Å². The largest absolute Gasteiger partial charge is 0.491 e. The highest BCUT2D eigenvalue weighted by atomic mass is 127. The molecule has 3 aromatic rings. The van der Waals surface area contributed by atoms with Gasteiger partial charge in [0.2, 0.25) is 5.56 Å². The van der Waals surface area contributed by atoms with Crippen LogP contribution in [0, 0.1) is 3.57 Å². The van der Waals surface area contributed by atoms with E-state index < -0.39 is 8.32 Å². The maximum Gasteiger partial charge on any atom is 0.248 e. The number of aromatic amines is 1. The Morgan fingerprint density at radius 3 is 2.44 bits per heavy atom. The van der Waals surface area contributed by atoms with Gasteiger partial charge in [-0.15, -0.1) is 0 Å². The average Bonchev–Trinajstić information content (AvgIpc) is 2.81. The molecule has 0 aliphatic heterocycles. The molecule has 0 aliphatic carbocycles. The number of fused-ring (bicyclic) bond motifs is 1. The fourth-order valence-corrected chi connectivity index (χ4v) is 5.47. The van der Waals surface area contributed by atoms with E-state index in [4.69, 9.17) is 9.16 Å². The van der Waals surface area contributed by atoms with Gasteiger partial charge in [0, 0.05) is 21.6 Å². The number of ether oxygens (including phenoxy) is 1. The zero-order valence-electron chi connectivity index (χ0n) is 22.5. The third-order valence-electron chi connectivity index (χ3n) is 7.07. The molecule has 7 heteroatoms. The minimum atomic E-state index is -2.06. The molecule has 0 amide bonds. The van der Waals surface area contributed by atoms with Crippen LogP contribution >= 0.6 is 22.6 Å². The summed E-state index contributed by atoms with van der Waals surface area (Å²) in [5, 5.41) is 4.71. The summed E-state index contributed by atoms with van der Waals surface area (Å²) in [6, 6.07) is 16.3. The van der Waals surface area contributed by atoms with Crippen LogP contribution in [-0.2, 0) is 10.8 Å². The quantitative estimate of drug-likeness (QED) is 0.128. The Morgan fingerprint density at radius 1 is 1.06 bits per heavy atom. The molecule has 0 saturated heterocycles. The van der Waals surface area contributed by atoms with Crippen LogP contribution in [0.2, 0.25) is 18.1 Å². The third kappa shape index (κ3) is 7.66. The van der Waals surface area contributed by atoms with E-state index in [1.165, 1.54) is 9.13 Å². The lowest BCUT2D eigenvalue weighted by Gasteiger charge is -2.39. The first-order valence-electron chi connectivity index (χ1n) is 12.9. The number of H-pyrrole nitrogens is 1. The molecule has 3 rings (SSSR count). The molecule has 196 valence electrons. The monoisotopic (exact) mass is 620 g/mol.